The smallest absolute Gasteiger partial charge is 0.0972 e. The standard InChI is InChI=1S/C52H32N4.C48H30N4/c1-2-8-34(9-3-1)46-28-25-39-19-20-40-26-29-47(56-52(40)51(39)55-46)36-16-14-35(15-17-36)45-27-23-37-18-22-43(32-49(37)53-45)48-30-24-38-11-6-12-44(50(38)54-48)42-21-13-33-7-4-5-10-41(33)31-42;1-3-7-31(8-4-1)38-22-27-44-39(29-38)23-28-45(49-44)40-18-15-35-19-24-41(50-46(35)30-40)33-11-13-34(14-12-33)43-26-21-37-17-16-36-20-25-42(32-9-5-2-6-10-32)51-47(36)48(37)52-43/h1-32H;1-30H. The van der Waals surface area contributed by atoms with Crippen LogP contribution in [0.25, 0.3) is 210 Å². The Morgan fingerprint density at radius 2 is 0.398 bits per heavy atom. The van der Waals surface area contributed by atoms with E-state index >= 15 is 0 Å². The van der Waals surface area contributed by atoms with E-state index in [9.17, 15) is 0 Å². The number of fused-ring (bicyclic) bond motifs is 11. The van der Waals surface area contributed by atoms with Crippen LogP contribution in [0.3, 0.4) is 0 Å². The summed E-state index contributed by atoms with van der Waals surface area (Å²) in [4.78, 5) is 41.0. The SMILES string of the molecule is c1ccc(-c2ccc3ccc4ccc(-c5ccc(-c6ccc7ccc(-c8ccc9cccc(-c%10ccc%11ccccc%11c%10)c9n8)cc7n6)cc5)nc4c3n2)cc1.c1ccc(-c2ccc3nc(-c4ccc5ccc(-c6ccc(-c7ccc8ccc9ccc(-c%10ccccc%10)nc9c8n7)cc6)nc5c4)ccc3c2)cc1. The lowest BCUT2D eigenvalue weighted by molar-refractivity contribution is 1.36. The van der Waals surface area contributed by atoms with E-state index in [0.29, 0.717) is 0 Å². The van der Waals surface area contributed by atoms with Crippen molar-refractivity contribution < 1.29 is 0 Å². The van der Waals surface area contributed by atoms with Gasteiger partial charge in [-0.25, -0.2) is 39.9 Å². The van der Waals surface area contributed by atoms with Gasteiger partial charge in [0.05, 0.1) is 89.7 Å². The molecule has 0 radical (unpaired) electrons. The highest BCUT2D eigenvalue weighted by Crippen LogP contribution is 2.38. The average molecular weight is 1380 g/mol. The van der Waals surface area contributed by atoms with Crippen LogP contribution < -0.4 is 0 Å². The molecule has 502 valence electrons. The first kappa shape index (κ1) is 63.1. The molecule has 0 unspecified atom stereocenters. The first-order valence-corrected chi connectivity index (χ1v) is 36.3. The normalized spacial score (nSPS) is 11.5. The molecule has 0 aliphatic heterocycles. The van der Waals surface area contributed by atoms with E-state index in [1.165, 1.54) is 21.9 Å². The van der Waals surface area contributed by atoms with Crippen molar-refractivity contribution in [3.8, 4) is 112 Å². The van der Waals surface area contributed by atoms with Gasteiger partial charge in [-0.2, -0.15) is 0 Å². The fourth-order valence-corrected chi connectivity index (χ4v) is 14.9. The van der Waals surface area contributed by atoms with Crippen molar-refractivity contribution in [2.45, 2.75) is 0 Å². The Labute approximate surface area is 622 Å². The highest BCUT2D eigenvalue weighted by Gasteiger charge is 2.16. The minimum absolute atomic E-state index is 0.902. The molecule has 0 saturated heterocycles. The minimum atomic E-state index is 0.902. The number of para-hydroxylation sites is 1. The van der Waals surface area contributed by atoms with Gasteiger partial charge < -0.3 is 0 Å². The molecule has 0 bridgehead atoms. The molecule has 8 nitrogen and oxygen atoms in total. The fraction of sp³-hybridized carbons (Fsp3) is 0. The van der Waals surface area contributed by atoms with E-state index in [0.717, 1.165) is 188 Å². The second kappa shape index (κ2) is 26.9. The lowest BCUT2D eigenvalue weighted by Gasteiger charge is -2.11. The van der Waals surface area contributed by atoms with E-state index in [1.54, 1.807) is 0 Å². The van der Waals surface area contributed by atoms with E-state index in [-0.39, 0.29) is 0 Å². The van der Waals surface area contributed by atoms with Crippen LogP contribution in [0.2, 0.25) is 0 Å². The van der Waals surface area contributed by atoms with Crippen LogP contribution in [-0.4, -0.2) is 39.9 Å². The Balaban J connectivity index is 0.000000143. The Kier molecular flexibility index (Phi) is 15.7. The summed E-state index contributed by atoms with van der Waals surface area (Å²) < 4.78 is 0. The quantitative estimate of drug-likeness (QED) is 0.125. The van der Waals surface area contributed by atoms with Crippen LogP contribution in [0.1, 0.15) is 0 Å². The molecular weight excluding hydrogens is 1310 g/mol. The van der Waals surface area contributed by atoms with E-state index < -0.39 is 0 Å². The van der Waals surface area contributed by atoms with Crippen molar-refractivity contribution in [3.05, 3.63) is 376 Å². The van der Waals surface area contributed by atoms with Crippen molar-refractivity contribution >= 4 is 98.0 Å². The van der Waals surface area contributed by atoms with Crippen LogP contribution in [0.15, 0.2) is 376 Å². The third-order valence-electron chi connectivity index (χ3n) is 20.7. The van der Waals surface area contributed by atoms with Crippen molar-refractivity contribution in [2.75, 3.05) is 0 Å². The summed E-state index contributed by atoms with van der Waals surface area (Å²) in [5.74, 6) is 0. The third-order valence-corrected chi connectivity index (χ3v) is 20.7. The van der Waals surface area contributed by atoms with Gasteiger partial charge in [0.25, 0.3) is 0 Å². The minimum Gasteiger partial charge on any atom is -0.248 e. The van der Waals surface area contributed by atoms with Crippen molar-refractivity contribution in [1.29, 1.82) is 0 Å². The molecule has 0 aliphatic carbocycles. The fourth-order valence-electron chi connectivity index (χ4n) is 14.9. The summed E-state index contributed by atoms with van der Waals surface area (Å²) in [6.07, 6.45) is 0. The van der Waals surface area contributed by atoms with Crippen molar-refractivity contribution in [3.63, 3.8) is 0 Å². The van der Waals surface area contributed by atoms with Crippen LogP contribution in [0, 0.1) is 0 Å². The molecule has 108 heavy (non-hydrogen) atoms. The largest absolute Gasteiger partial charge is 0.248 e. The predicted octanol–water partition coefficient (Wildman–Crippen LogP) is 25.6. The Morgan fingerprint density at radius 1 is 0.120 bits per heavy atom. The topological polar surface area (TPSA) is 103 Å². The maximum absolute atomic E-state index is 5.24. The van der Waals surface area contributed by atoms with Gasteiger partial charge in [0.2, 0.25) is 0 Å². The van der Waals surface area contributed by atoms with Gasteiger partial charge in [-0.3, -0.25) is 0 Å². The lowest BCUT2D eigenvalue weighted by Crippen LogP contribution is -1.91. The van der Waals surface area contributed by atoms with Crippen molar-refractivity contribution in [1.82, 2.24) is 39.9 Å². The number of hydrogen-bond donors (Lipinski definition) is 0. The number of nitrogens with zero attached hydrogens (tertiary/aromatic N) is 8. The van der Waals surface area contributed by atoms with E-state index in [2.05, 4.69) is 334 Å². The molecule has 0 atom stereocenters. The molecule has 13 aromatic carbocycles. The second-order valence-corrected chi connectivity index (χ2v) is 27.4. The summed E-state index contributed by atoms with van der Waals surface area (Å²) in [5, 5.41) is 11.2. The molecule has 0 aliphatic rings. The summed E-state index contributed by atoms with van der Waals surface area (Å²) in [6.45, 7) is 0. The number of aromatic nitrogens is 8. The maximum Gasteiger partial charge on any atom is 0.0972 e. The average Bonchev–Trinajstić information content (AvgIpc) is 0.775. The lowest BCUT2D eigenvalue weighted by atomic mass is 9.98. The van der Waals surface area contributed by atoms with Gasteiger partial charge in [-0.1, -0.05) is 297 Å². The summed E-state index contributed by atoms with van der Waals surface area (Å²) >= 11 is 0. The first-order chi connectivity index (χ1) is 53.4. The van der Waals surface area contributed by atoms with Crippen LogP contribution in [0.4, 0.5) is 0 Å². The van der Waals surface area contributed by atoms with Crippen molar-refractivity contribution in [2.24, 2.45) is 0 Å². The summed E-state index contributed by atoms with van der Waals surface area (Å²) in [5.41, 5.74) is 28.0. The molecular formula is C100H62N8. The Hall–Kier alpha value is -14.6. The van der Waals surface area contributed by atoms with Crippen LogP contribution in [0.5, 0.6) is 0 Å². The van der Waals surface area contributed by atoms with Gasteiger partial charge in [0.1, 0.15) is 0 Å². The summed E-state index contributed by atoms with van der Waals surface area (Å²) in [6, 6.07) is 131. The van der Waals surface area contributed by atoms with E-state index in [1.807, 2.05) is 42.5 Å². The molecule has 0 saturated carbocycles. The summed E-state index contributed by atoms with van der Waals surface area (Å²) in [7, 11) is 0. The molecule has 0 fully saturated rings. The monoisotopic (exact) mass is 1370 g/mol. The van der Waals surface area contributed by atoms with Gasteiger partial charge in [0, 0.05) is 93.2 Å². The van der Waals surface area contributed by atoms with Gasteiger partial charge in [-0.05, 0) is 106 Å². The predicted molar refractivity (Wildman–Crippen MR) is 447 cm³/mol. The zero-order valence-corrected chi connectivity index (χ0v) is 58.4. The van der Waals surface area contributed by atoms with Gasteiger partial charge in [0.15, 0.2) is 0 Å². The molecule has 8 heteroatoms. The second-order valence-electron chi connectivity index (χ2n) is 27.4. The Morgan fingerprint density at radius 3 is 0.861 bits per heavy atom. The zero-order valence-electron chi connectivity index (χ0n) is 58.4. The van der Waals surface area contributed by atoms with Crippen LogP contribution in [-0.2, 0) is 0 Å². The first-order valence-electron chi connectivity index (χ1n) is 36.3. The molecule has 8 heterocycles. The number of hydrogen-bond acceptors (Lipinski definition) is 8. The third kappa shape index (κ3) is 12.1. The van der Waals surface area contributed by atoms with Crippen LogP contribution >= 0.6 is 0 Å². The van der Waals surface area contributed by atoms with Gasteiger partial charge in [-0.15, -0.1) is 0 Å². The number of pyridine rings is 8. The molecule has 8 aromatic heterocycles. The Bertz CT molecular complexity index is 7090. The van der Waals surface area contributed by atoms with Gasteiger partial charge >= 0.3 is 0 Å². The molecule has 21 rings (SSSR count). The molecule has 0 N–H and O–H groups in total. The molecule has 0 spiro atoms. The maximum atomic E-state index is 5.24. The van der Waals surface area contributed by atoms with E-state index in [4.69, 9.17) is 39.9 Å². The highest BCUT2D eigenvalue weighted by atomic mass is 14.8. The molecule has 21 aromatic rings. The number of benzene rings is 13. The zero-order chi connectivity index (χ0) is 71.4. The number of rotatable bonds is 10. The molecule has 0 amide bonds. The highest BCUT2D eigenvalue weighted by molar-refractivity contribution is 6.06.